The van der Waals surface area contributed by atoms with E-state index in [0.29, 0.717) is 10.6 Å². The monoisotopic (exact) mass is 196 g/mol. The van der Waals surface area contributed by atoms with Gasteiger partial charge in [-0.15, -0.1) is 0 Å². The van der Waals surface area contributed by atoms with Crippen molar-refractivity contribution in [3.8, 4) is 17.9 Å². The lowest BCUT2D eigenvalue weighted by molar-refractivity contribution is 1.31. The Kier molecular flexibility index (Phi) is 2.94. The summed E-state index contributed by atoms with van der Waals surface area (Å²) in [5, 5.41) is 8.79. The highest BCUT2D eigenvalue weighted by molar-refractivity contribution is 6.35. The molecule has 4 heteroatoms. The highest BCUT2D eigenvalue weighted by Crippen LogP contribution is 2.20. The average Bonchev–Trinajstić information content (AvgIpc) is 2.04. The summed E-state index contributed by atoms with van der Waals surface area (Å²) < 4.78 is 0. The molecule has 0 saturated carbocycles. The Morgan fingerprint density at radius 2 is 2.17 bits per heavy atom. The zero-order valence-corrected chi connectivity index (χ0v) is 7.32. The third-order valence-corrected chi connectivity index (χ3v) is 1.70. The van der Waals surface area contributed by atoms with Crippen LogP contribution in [-0.4, -0.2) is 4.98 Å². The van der Waals surface area contributed by atoms with Crippen LogP contribution in [0.25, 0.3) is 0 Å². The van der Waals surface area contributed by atoms with Crippen LogP contribution in [0, 0.1) is 23.2 Å². The number of nitriles is 1. The summed E-state index contributed by atoms with van der Waals surface area (Å²) in [4.78, 5) is 3.76. The molecular formula is C8H2Cl2N2. The van der Waals surface area contributed by atoms with Crippen LogP contribution < -0.4 is 0 Å². The second-order valence-corrected chi connectivity index (χ2v) is 2.59. The molecule has 0 N–H and O–H groups in total. The molecule has 1 aromatic heterocycles. The van der Waals surface area contributed by atoms with Gasteiger partial charge in [-0.05, 0) is 12.0 Å². The van der Waals surface area contributed by atoms with Gasteiger partial charge in [-0.2, -0.15) is 5.26 Å². The molecular weight excluding hydrogens is 195 g/mol. The van der Waals surface area contributed by atoms with E-state index >= 15 is 0 Å². The number of aromatic nitrogens is 1. The summed E-state index contributed by atoms with van der Waals surface area (Å²) in [6.45, 7) is 0. The maximum absolute atomic E-state index is 8.18. The molecule has 58 valence electrons. The Morgan fingerprint density at radius 3 is 2.75 bits per heavy atom. The molecule has 0 fully saturated rings. The Morgan fingerprint density at radius 1 is 1.42 bits per heavy atom. The van der Waals surface area contributed by atoms with Gasteiger partial charge in [0.2, 0.25) is 0 Å². The highest BCUT2D eigenvalue weighted by Gasteiger charge is 2.01. The largest absolute Gasteiger partial charge is 0.243 e. The Hall–Kier alpha value is -1.22. The fraction of sp³-hybridized carbons (Fsp3) is 0. The predicted molar refractivity (Wildman–Crippen MR) is 46.7 cm³/mol. The molecule has 0 spiro atoms. The van der Waals surface area contributed by atoms with E-state index in [1.165, 1.54) is 6.20 Å². The first-order valence-electron chi connectivity index (χ1n) is 2.96. The number of halogens is 2. The Balaban J connectivity index is 3.24. The number of rotatable bonds is 0. The maximum atomic E-state index is 8.18. The van der Waals surface area contributed by atoms with Gasteiger partial charge in [-0.3, -0.25) is 0 Å². The van der Waals surface area contributed by atoms with Crippen molar-refractivity contribution in [2.24, 2.45) is 0 Å². The van der Waals surface area contributed by atoms with Crippen LogP contribution in [0.2, 0.25) is 10.2 Å². The van der Waals surface area contributed by atoms with Gasteiger partial charge in [0.05, 0.1) is 10.6 Å². The molecule has 1 heterocycles. The molecule has 1 aromatic rings. The maximum Gasteiger partial charge on any atom is 0.152 e. The van der Waals surface area contributed by atoms with E-state index < -0.39 is 0 Å². The molecule has 0 saturated heterocycles. The minimum absolute atomic E-state index is 0.213. The molecule has 0 aliphatic heterocycles. The summed E-state index contributed by atoms with van der Waals surface area (Å²) in [6.07, 6.45) is 1.47. The first kappa shape index (κ1) is 8.87. The fourth-order valence-corrected chi connectivity index (χ4v) is 1.06. The number of hydrogen-bond donors (Lipinski definition) is 0. The van der Waals surface area contributed by atoms with E-state index in [9.17, 15) is 0 Å². The smallest absolute Gasteiger partial charge is 0.152 e. The quantitative estimate of drug-likeness (QED) is 0.472. The lowest BCUT2D eigenvalue weighted by atomic mass is 10.3. The van der Waals surface area contributed by atoms with Crippen LogP contribution in [0.4, 0.5) is 0 Å². The van der Waals surface area contributed by atoms with Gasteiger partial charge in [0.1, 0.15) is 5.15 Å². The van der Waals surface area contributed by atoms with Gasteiger partial charge < -0.3 is 0 Å². The van der Waals surface area contributed by atoms with Crippen molar-refractivity contribution < 1.29 is 0 Å². The molecule has 0 radical (unpaired) electrons. The molecule has 0 bridgehead atoms. The van der Waals surface area contributed by atoms with E-state index in [4.69, 9.17) is 28.5 Å². The zero-order chi connectivity index (χ0) is 8.97. The minimum Gasteiger partial charge on any atom is -0.243 e. The Labute approximate surface area is 79.7 Å². The molecule has 1 rings (SSSR count). The van der Waals surface area contributed by atoms with Crippen molar-refractivity contribution in [1.82, 2.24) is 4.98 Å². The summed E-state index contributed by atoms with van der Waals surface area (Å²) in [7, 11) is 0. The number of nitrogens with zero attached hydrogens (tertiary/aromatic N) is 2. The van der Waals surface area contributed by atoms with Crippen LogP contribution in [-0.2, 0) is 0 Å². The van der Waals surface area contributed by atoms with Gasteiger partial charge >= 0.3 is 0 Å². The first-order chi connectivity index (χ1) is 5.75. The van der Waals surface area contributed by atoms with E-state index in [-0.39, 0.29) is 5.15 Å². The van der Waals surface area contributed by atoms with E-state index in [1.807, 2.05) is 0 Å². The summed E-state index contributed by atoms with van der Waals surface area (Å²) in [5.41, 5.74) is 0.391. The fourth-order valence-electron chi connectivity index (χ4n) is 0.616. The lowest BCUT2D eigenvalue weighted by Crippen LogP contribution is -1.82. The average molecular weight is 197 g/mol. The Bertz CT molecular complexity index is 375. The van der Waals surface area contributed by atoms with E-state index in [2.05, 4.69) is 16.8 Å². The van der Waals surface area contributed by atoms with Gasteiger partial charge in [-0.25, -0.2) is 4.98 Å². The lowest BCUT2D eigenvalue weighted by Gasteiger charge is -1.95. The number of pyridine rings is 1. The van der Waals surface area contributed by atoms with Gasteiger partial charge in [0.25, 0.3) is 0 Å². The third-order valence-electron chi connectivity index (χ3n) is 1.10. The molecule has 0 unspecified atom stereocenters. The highest BCUT2D eigenvalue weighted by atomic mass is 35.5. The SMILES string of the molecule is N#CC#Cc1c(Cl)ccnc1Cl. The van der Waals surface area contributed by atoms with Crippen LogP contribution in [0.5, 0.6) is 0 Å². The molecule has 0 aliphatic carbocycles. The van der Waals surface area contributed by atoms with E-state index in [1.54, 1.807) is 12.1 Å². The van der Waals surface area contributed by atoms with Gasteiger partial charge in [-0.1, -0.05) is 23.2 Å². The van der Waals surface area contributed by atoms with Crippen LogP contribution in [0.1, 0.15) is 5.56 Å². The van der Waals surface area contributed by atoms with Crippen LogP contribution in [0.3, 0.4) is 0 Å². The van der Waals surface area contributed by atoms with Crippen molar-refractivity contribution in [3.05, 3.63) is 28.0 Å². The van der Waals surface area contributed by atoms with E-state index in [0.717, 1.165) is 0 Å². The summed E-state index contributed by atoms with van der Waals surface area (Å²) in [6, 6.07) is 3.23. The van der Waals surface area contributed by atoms with Crippen molar-refractivity contribution in [2.45, 2.75) is 0 Å². The first-order valence-corrected chi connectivity index (χ1v) is 3.71. The second kappa shape index (κ2) is 3.97. The molecule has 12 heavy (non-hydrogen) atoms. The topological polar surface area (TPSA) is 36.7 Å². The second-order valence-electron chi connectivity index (χ2n) is 1.82. The van der Waals surface area contributed by atoms with Gasteiger partial charge in [0.15, 0.2) is 6.07 Å². The zero-order valence-electron chi connectivity index (χ0n) is 5.81. The normalized spacial score (nSPS) is 8.08. The van der Waals surface area contributed by atoms with Crippen molar-refractivity contribution in [3.63, 3.8) is 0 Å². The summed E-state index contributed by atoms with van der Waals surface area (Å²) >= 11 is 11.4. The molecule has 0 atom stereocenters. The summed E-state index contributed by atoms with van der Waals surface area (Å²) in [5.74, 6) is 4.69. The molecule has 0 amide bonds. The van der Waals surface area contributed by atoms with Crippen molar-refractivity contribution in [2.75, 3.05) is 0 Å². The van der Waals surface area contributed by atoms with Crippen LogP contribution >= 0.6 is 23.2 Å². The molecule has 0 aliphatic rings. The number of hydrogen-bond acceptors (Lipinski definition) is 2. The van der Waals surface area contributed by atoms with Crippen LogP contribution in [0.15, 0.2) is 12.3 Å². The molecule has 2 nitrogen and oxygen atoms in total. The van der Waals surface area contributed by atoms with Crippen molar-refractivity contribution >= 4 is 23.2 Å². The molecule has 0 aromatic carbocycles. The standard InChI is InChI=1S/C8H2Cl2N2/c9-7-3-5-12-8(10)6(7)2-1-4-11/h3,5H. The minimum atomic E-state index is 0.213. The van der Waals surface area contributed by atoms with Crippen molar-refractivity contribution in [1.29, 1.82) is 5.26 Å². The third kappa shape index (κ3) is 1.89. The predicted octanol–water partition coefficient (Wildman–Crippen LogP) is 2.26. The van der Waals surface area contributed by atoms with Gasteiger partial charge in [0, 0.05) is 12.1 Å².